The van der Waals surface area contributed by atoms with Gasteiger partial charge < -0.3 is 14.4 Å². The highest BCUT2D eigenvalue weighted by atomic mass is 19.1. The summed E-state index contributed by atoms with van der Waals surface area (Å²) in [4.78, 5) is 43.2. The molecule has 0 fully saturated rings. The van der Waals surface area contributed by atoms with Crippen LogP contribution in [0.1, 0.15) is 43.1 Å². The maximum atomic E-state index is 14.1. The number of halogens is 1. The molecule has 172 valence electrons. The molecule has 32 heavy (non-hydrogen) atoms. The van der Waals surface area contributed by atoms with E-state index < -0.39 is 5.82 Å². The van der Waals surface area contributed by atoms with Crippen molar-refractivity contribution < 1.29 is 14.0 Å². The van der Waals surface area contributed by atoms with Crippen LogP contribution < -0.4 is 10.5 Å². The molecule has 2 heterocycles. The highest BCUT2D eigenvalue weighted by molar-refractivity contribution is 5.95. The lowest BCUT2D eigenvalue weighted by Gasteiger charge is -2.30. The van der Waals surface area contributed by atoms with Crippen LogP contribution >= 0.6 is 0 Å². The predicted octanol–water partition coefficient (Wildman–Crippen LogP) is 2.63. The van der Waals surface area contributed by atoms with E-state index in [4.69, 9.17) is 0 Å². The van der Waals surface area contributed by atoms with Crippen molar-refractivity contribution >= 4 is 17.5 Å². The van der Waals surface area contributed by atoms with Gasteiger partial charge in [0.25, 0.3) is 5.91 Å². The van der Waals surface area contributed by atoms with Gasteiger partial charge in [-0.1, -0.05) is 6.07 Å². The summed E-state index contributed by atoms with van der Waals surface area (Å²) in [5, 5.41) is 0. The largest absolute Gasteiger partial charge is 0.333 e. The first-order chi connectivity index (χ1) is 15.2. The molecule has 1 aliphatic heterocycles. The molecule has 2 aromatic rings. The third kappa shape index (κ3) is 5.43. The van der Waals surface area contributed by atoms with E-state index >= 15 is 0 Å². The van der Waals surface area contributed by atoms with Gasteiger partial charge in [0.05, 0.1) is 11.3 Å². The fourth-order valence-electron chi connectivity index (χ4n) is 4.04. The topological polar surface area (TPSA) is 65.9 Å². The third-order valence-electron chi connectivity index (χ3n) is 5.91. The van der Waals surface area contributed by atoms with Gasteiger partial charge in [-0.15, -0.1) is 0 Å². The van der Waals surface area contributed by atoms with Crippen LogP contribution in [0.5, 0.6) is 0 Å². The van der Waals surface area contributed by atoms with Crippen LogP contribution in [0.15, 0.2) is 41.3 Å². The average molecular weight is 443 g/mol. The number of hydrogen-bond donors (Lipinski definition) is 0. The second kappa shape index (κ2) is 10.1. The normalized spacial score (nSPS) is 15.9. The van der Waals surface area contributed by atoms with E-state index in [0.29, 0.717) is 36.4 Å². The zero-order valence-electron chi connectivity index (χ0n) is 19.2. The van der Waals surface area contributed by atoms with Crippen LogP contribution in [-0.2, 0) is 18.4 Å². The molecule has 0 aliphatic carbocycles. The lowest BCUT2D eigenvalue weighted by molar-refractivity contribution is -0.116. The maximum absolute atomic E-state index is 14.1. The van der Waals surface area contributed by atoms with Gasteiger partial charge in [0.2, 0.25) is 11.5 Å². The number of hydrogen-bond acceptors (Lipinski definition) is 4. The third-order valence-corrected chi connectivity index (χ3v) is 5.91. The molecule has 0 atom stereocenters. The Labute approximate surface area is 188 Å². The number of benzene rings is 1. The van der Waals surface area contributed by atoms with Crippen molar-refractivity contribution in [2.45, 2.75) is 39.8 Å². The molecule has 2 amide bonds. The smallest absolute Gasteiger partial charge is 0.255 e. The molecule has 1 aromatic carbocycles. The van der Waals surface area contributed by atoms with E-state index in [2.05, 4.69) is 18.7 Å². The summed E-state index contributed by atoms with van der Waals surface area (Å²) in [6, 6.07) is 7.54. The molecule has 3 rings (SSSR count). The van der Waals surface area contributed by atoms with E-state index in [0.717, 1.165) is 13.0 Å². The molecular weight excluding hydrogens is 411 g/mol. The fourth-order valence-corrected chi connectivity index (χ4v) is 4.04. The summed E-state index contributed by atoms with van der Waals surface area (Å²) in [7, 11) is 1.61. The van der Waals surface area contributed by atoms with E-state index in [1.807, 2.05) is 0 Å². The molecule has 0 unspecified atom stereocenters. The molecule has 8 heteroatoms. The van der Waals surface area contributed by atoms with Gasteiger partial charge in [-0.3, -0.25) is 19.3 Å². The number of carbonyl (C=O) groups excluding carboxylic acids is 2. The highest BCUT2D eigenvalue weighted by Gasteiger charge is 2.24. The number of carbonyl (C=O) groups is 2. The molecule has 0 N–H and O–H groups in total. The first-order valence-electron chi connectivity index (χ1n) is 10.9. The minimum Gasteiger partial charge on any atom is -0.333 e. The Kier molecular flexibility index (Phi) is 7.45. The molecule has 1 aliphatic rings. The van der Waals surface area contributed by atoms with Crippen molar-refractivity contribution in [2.75, 3.05) is 31.1 Å². The number of aryl methyl sites for hydroxylation is 1. The standard InChI is InChI=1S/C24H31FN4O3/c1-17(2)27-10-5-11-29(18(3)30)22-14-21(25)8-6-19(22)16-28(13-12-27)24(32)20-7-9-23(31)26(4)15-20/h6-9,14-15,17H,5,10-13,16H2,1-4H3. The van der Waals surface area contributed by atoms with Crippen LogP contribution in [0.3, 0.4) is 0 Å². The lowest BCUT2D eigenvalue weighted by atomic mass is 10.1. The number of pyridine rings is 1. The lowest BCUT2D eigenvalue weighted by Crippen LogP contribution is -2.41. The Morgan fingerprint density at radius 2 is 1.78 bits per heavy atom. The molecule has 7 nitrogen and oxygen atoms in total. The summed E-state index contributed by atoms with van der Waals surface area (Å²) in [6.45, 7) is 8.28. The number of rotatable bonds is 2. The van der Waals surface area contributed by atoms with Crippen molar-refractivity contribution in [1.82, 2.24) is 14.4 Å². The number of nitrogens with zero attached hydrogens (tertiary/aromatic N) is 4. The Balaban J connectivity index is 2.04. The van der Waals surface area contributed by atoms with Gasteiger partial charge in [-0.25, -0.2) is 4.39 Å². The van der Waals surface area contributed by atoms with E-state index in [1.54, 1.807) is 22.9 Å². The van der Waals surface area contributed by atoms with E-state index in [-0.39, 0.29) is 30.0 Å². The molecule has 0 bridgehead atoms. The second-order valence-corrected chi connectivity index (χ2v) is 8.52. The Hall–Kier alpha value is -3.00. The Bertz CT molecular complexity index is 1050. The van der Waals surface area contributed by atoms with Gasteiger partial charge in [0, 0.05) is 65.0 Å². The zero-order chi connectivity index (χ0) is 23.4. The van der Waals surface area contributed by atoms with Crippen LogP contribution in [0.4, 0.5) is 10.1 Å². The van der Waals surface area contributed by atoms with Crippen molar-refractivity contribution in [2.24, 2.45) is 7.05 Å². The Morgan fingerprint density at radius 3 is 2.44 bits per heavy atom. The fraction of sp³-hybridized carbons (Fsp3) is 0.458. The van der Waals surface area contributed by atoms with Gasteiger partial charge >= 0.3 is 0 Å². The summed E-state index contributed by atoms with van der Waals surface area (Å²) >= 11 is 0. The highest BCUT2D eigenvalue weighted by Crippen LogP contribution is 2.26. The van der Waals surface area contributed by atoms with Gasteiger partial charge in [0.15, 0.2) is 0 Å². The van der Waals surface area contributed by atoms with Crippen LogP contribution in [-0.4, -0.2) is 58.4 Å². The summed E-state index contributed by atoms with van der Waals surface area (Å²) < 4.78 is 15.5. The van der Waals surface area contributed by atoms with Crippen molar-refractivity contribution in [1.29, 1.82) is 0 Å². The van der Waals surface area contributed by atoms with E-state index in [1.165, 1.54) is 42.0 Å². The molecule has 0 saturated carbocycles. The first-order valence-corrected chi connectivity index (χ1v) is 10.9. The Morgan fingerprint density at radius 1 is 1.03 bits per heavy atom. The summed E-state index contributed by atoms with van der Waals surface area (Å²) in [5.41, 5.74) is 1.42. The quantitative estimate of drug-likeness (QED) is 0.717. The van der Waals surface area contributed by atoms with Crippen LogP contribution in [0.25, 0.3) is 0 Å². The molecule has 0 radical (unpaired) electrons. The minimum absolute atomic E-state index is 0.164. The van der Waals surface area contributed by atoms with Crippen molar-refractivity contribution in [3.05, 3.63) is 63.8 Å². The van der Waals surface area contributed by atoms with Crippen LogP contribution in [0.2, 0.25) is 0 Å². The first kappa shape index (κ1) is 23.7. The van der Waals surface area contributed by atoms with Crippen molar-refractivity contribution in [3.63, 3.8) is 0 Å². The number of fused-ring (bicyclic) bond motifs is 1. The number of anilines is 1. The molecular formula is C24H31FN4O3. The predicted molar refractivity (Wildman–Crippen MR) is 122 cm³/mol. The van der Waals surface area contributed by atoms with Gasteiger partial charge in [0.1, 0.15) is 5.82 Å². The zero-order valence-corrected chi connectivity index (χ0v) is 19.2. The molecule has 0 spiro atoms. The van der Waals surface area contributed by atoms with Gasteiger partial charge in [-0.2, -0.15) is 0 Å². The molecule has 0 saturated heterocycles. The summed E-state index contributed by atoms with van der Waals surface area (Å²) in [6.07, 6.45) is 2.27. The minimum atomic E-state index is -0.426. The summed E-state index contributed by atoms with van der Waals surface area (Å²) in [5.74, 6) is -0.805. The van der Waals surface area contributed by atoms with Gasteiger partial charge in [-0.05, 0) is 44.0 Å². The SMILES string of the molecule is CC(=O)N1CCCN(C(C)C)CCN(C(=O)c2ccc(=O)n(C)c2)Cc2ccc(F)cc21. The van der Waals surface area contributed by atoms with Crippen LogP contribution in [0, 0.1) is 5.82 Å². The van der Waals surface area contributed by atoms with E-state index in [9.17, 15) is 18.8 Å². The number of amides is 2. The molecule has 1 aromatic heterocycles. The maximum Gasteiger partial charge on any atom is 0.255 e. The number of aromatic nitrogens is 1. The monoisotopic (exact) mass is 442 g/mol. The average Bonchev–Trinajstić information content (AvgIpc) is 2.77. The second-order valence-electron chi connectivity index (χ2n) is 8.52. The van der Waals surface area contributed by atoms with Crippen molar-refractivity contribution in [3.8, 4) is 0 Å².